The molecule has 1 aromatic carbocycles. The molecule has 0 aromatic heterocycles. The zero-order valence-electron chi connectivity index (χ0n) is 20.8. The van der Waals surface area contributed by atoms with E-state index in [0.29, 0.717) is 12.3 Å². The third-order valence-electron chi connectivity index (χ3n) is 8.06. The van der Waals surface area contributed by atoms with Crippen LogP contribution in [-0.2, 0) is 34.0 Å². The van der Waals surface area contributed by atoms with Crippen LogP contribution in [0.4, 0.5) is 0 Å². The molecular formula is C27H36O6. The van der Waals surface area contributed by atoms with Crippen LogP contribution < -0.4 is 0 Å². The molecule has 3 rings (SSSR count). The van der Waals surface area contributed by atoms with Crippen LogP contribution in [0.3, 0.4) is 0 Å². The number of hydrogen-bond acceptors (Lipinski definition) is 6. The van der Waals surface area contributed by atoms with Crippen molar-refractivity contribution in [2.45, 2.75) is 70.6 Å². The van der Waals surface area contributed by atoms with Crippen molar-refractivity contribution in [3.8, 4) is 0 Å². The first kappa shape index (κ1) is 25.0. The van der Waals surface area contributed by atoms with Crippen LogP contribution in [0.15, 0.2) is 29.8 Å². The molecule has 1 saturated carbocycles. The summed E-state index contributed by atoms with van der Waals surface area (Å²) in [6.45, 7) is 8.46. The lowest BCUT2D eigenvalue weighted by atomic mass is 9.47. The monoisotopic (exact) mass is 456 g/mol. The first-order chi connectivity index (χ1) is 15.5. The van der Waals surface area contributed by atoms with E-state index in [1.165, 1.54) is 27.4 Å². The normalized spacial score (nSPS) is 29.0. The predicted molar refractivity (Wildman–Crippen MR) is 125 cm³/mol. The molecule has 1 fully saturated rings. The Hall–Kier alpha value is -2.63. The van der Waals surface area contributed by atoms with Crippen molar-refractivity contribution in [1.82, 2.24) is 0 Å². The molecule has 0 unspecified atom stereocenters. The van der Waals surface area contributed by atoms with Crippen molar-refractivity contribution in [2.24, 2.45) is 11.3 Å². The summed E-state index contributed by atoms with van der Waals surface area (Å²) in [5, 5.41) is 0. The molecule has 0 N–H and O–H groups in total. The summed E-state index contributed by atoms with van der Waals surface area (Å²) >= 11 is 0. The third kappa shape index (κ3) is 4.20. The van der Waals surface area contributed by atoms with Crippen LogP contribution in [0, 0.1) is 11.3 Å². The van der Waals surface area contributed by atoms with E-state index in [4.69, 9.17) is 14.2 Å². The fourth-order valence-corrected chi connectivity index (χ4v) is 6.21. The van der Waals surface area contributed by atoms with Crippen LogP contribution in [0.5, 0.6) is 0 Å². The zero-order valence-corrected chi connectivity index (χ0v) is 20.8. The molecule has 0 aliphatic heterocycles. The van der Waals surface area contributed by atoms with E-state index < -0.39 is 23.3 Å². The second-order valence-electron chi connectivity index (χ2n) is 10.1. The Morgan fingerprint density at radius 1 is 1.03 bits per heavy atom. The number of ether oxygens (including phenoxy) is 3. The molecule has 1 aromatic rings. The minimum absolute atomic E-state index is 0.0701. The van der Waals surface area contributed by atoms with Crippen LogP contribution in [-0.4, -0.2) is 39.2 Å². The average Bonchev–Trinajstić information content (AvgIpc) is 2.80. The van der Waals surface area contributed by atoms with Gasteiger partial charge in [-0.3, -0.25) is 4.79 Å². The Morgan fingerprint density at radius 3 is 2.30 bits per heavy atom. The largest absolute Gasteiger partial charge is 0.469 e. The summed E-state index contributed by atoms with van der Waals surface area (Å²) in [7, 11) is 4.02. The number of rotatable bonds is 5. The molecule has 33 heavy (non-hydrogen) atoms. The molecular weight excluding hydrogens is 420 g/mol. The van der Waals surface area contributed by atoms with Gasteiger partial charge in [-0.15, -0.1) is 0 Å². The molecule has 6 nitrogen and oxygen atoms in total. The summed E-state index contributed by atoms with van der Waals surface area (Å²) in [6.07, 6.45) is 4.36. The van der Waals surface area contributed by atoms with E-state index in [9.17, 15) is 14.4 Å². The lowest BCUT2D eigenvalue weighted by molar-refractivity contribution is -0.161. The smallest absolute Gasteiger partial charge is 0.334 e. The highest BCUT2D eigenvalue weighted by Gasteiger charge is 2.58. The van der Waals surface area contributed by atoms with Crippen molar-refractivity contribution in [3.05, 3.63) is 46.5 Å². The van der Waals surface area contributed by atoms with Crippen molar-refractivity contribution < 1.29 is 28.6 Å². The summed E-state index contributed by atoms with van der Waals surface area (Å²) in [5.41, 5.74) is 2.62. The number of fused-ring (bicyclic) bond motifs is 3. The Labute approximate surface area is 196 Å². The van der Waals surface area contributed by atoms with Gasteiger partial charge in [-0.2, -0.15) is 0 Å². The minimum atomic E-state index is -0.694. The fraction of sp³-hybridized carbons (Fsp3) is 0.593. The van der Waals surface area contributed by atoms with Gasteiger partial charge in [-0.05, 0) is 60.1 Å². The van der Waals surface area contributed by atoms with E-state index in [2.05, 4.69) is 39.0 Å². The number of hydrogen-bond donors (Lipinski definition) is 0. The number of carbonyl (C=O) groups excluding carboxylic acids is 3. The second-order valence-corrected chi connectivity index (χ2v) is 10.1. The Balaban J connectivity index is 2.29. The van der Waals surface area contributed by atoms with Gasteiger partial charge in [0.2, 0.25) is 0 Å². The van der Waals surface area contributed by atoms with Crippen LogP contribution in [0.1, 0.15) is 81.9 Å². The summed E-state index contributed by atoms with van der Waals surface area (Å²) in [4.78, 5) is 38.1. The van der Waals surface area contributed by atoms with Crippen LogP contribution in [0.2, 0.25) is 0 Å². The average molecular weight is 457 g/mol. The second kappa shape index (κ2) is 9.32. The van der Waals surface area contributed by atoms with E-state index in [-0.39, 0.29) is 22.9 Å². The van der Waals surface area contributed by atoms with Gasteiger partial charge in [0, 0.05) is 12.0 Å². The summed E-state index contributed by atoms with van der Waals surface area (Å²) in [6, 6.07) is 6.45. The molecule has 6 heteroatoms. The molecule has 180 valence electrons. The Kier molecular flexibility index (Phi) is 7.06. The topological polar surface area (TPSA) is 78.9 Å². The van der Waals surface area contributed by atoms with E-state index in [1.54, 1.807) is 0 Å². The van der Waals surface area contributed by atoms with Gasteiger partial charge < -0.3 is 14.2 Å². The highest BCUT2D eigenvalue weighted by Crippen LogP contribution is 2.61. The molecule has 0 amide bonds. The maximum absolute atomic E-state index is 13.0. The summed E-state index contributed by atoms with van der Waals surface area (Å²) in [5.74, 6) is -1.56. The van der Waals surface area contributed by atoms with E-state index in [0.717, 1.165) is 36.0 Å². The predicted octanol–water partition coefficient (Wildman–Crippen LogP) is 4.81. The third-order valence-corrected chi connectivity index (χ3v) is 8.06. The van der Waals surface area contributed by atoms with Crippen LogP contribution in [0.25, 0.3) is 0 Å². The highest BCUT2D eigenvalue weighted by atomic mass is 16.5. The zero-order chi connectivity index (χ0) is 24.6. The molecule has 4 atom stereocenters. The van der Waals surface area contributed by atoms with Crippen molar-refractivity contribution >= 4 is 17.9 Å². The fourth-order valence-electron chi connectivity index (χ4n) is 6.21. The van der Waals surface area contributed by atoms with Gasteiger partial charge >= 0.3 is 17.9 Å². The van der Waals surface area contributed by atoms with Gasteiger partial charge in [-0.1, -0.05) is 45.4 Å². The number of esters is 3. The van der Waals surface area contributed by atoms with Crippen molar-refractivity contribution in [1.29, 1.82) is 0 Å². The molecule has 0 bridgehead atoms. The molecule has 0 heterocycles. The number of carbonyl (C=O) groups is 3. The van der Waals surface area contributed by atoms with Gasteiger partial charge in [-0.25, -0.2) is 9.59 Å². The molecule has 0 saturated heterocycles. The van der Waals surface area contributed by atoms with E-state index in [1.807, 2.05) is 6.92 Å². The summed E-state index contributed by atoms with van der Waals surface area (Å²) < 4.78 is 15.2. The van der Waals surface area contributed by atoms with Crippen molar-refractivity contribution in [3.63, 3.8) is 0 Å². The van der Waals surface area contributed by atoms with Gasteiger partial charge in [0.1, 0.15) is 0 Å². The van der Waals surface area contributed by atoms with E-state index >= 15 is 0 Å². The molecule has 2 aliphatic rings. The SMILES string of the molecule is COC(=O)/C=C(\C(=O)OC)[C@@H]1C[C@H]2[C@](C)(C(=O)OC)CCC[C@]2(C)c2ccc(C(C)C)cc21. The lowest BCUT2D eigenvalue weighted by Gasteiger charge is -2.55. The molecule has 2 aliphatic carbocycles. The first-order valence-corrected chi connectivity index (χ1v) is 11.6. The highest BCUT2D eigenvalue weighted by molar-refractivity contribution is 5.97. The Morgan fingerprint density at radius 2 is 1.73 bits per heavy atom. The maximum Gasteiger partial charge on any atom is 0.334 e. The first-order valence-electron chi connectivity index (χ1n) is 11.6. The quantitative estimate of drug-likeness (QED) is 0.360. The molecule has 0 radical (unpaired) electrons. The standard InChI is InChI=1S/C27H36O6/c1-16(2)17-9-10-21-19(13-17)18(20(24(29)32-6)15-23(28)31-5)14-22-26(21,3)11-8-12-27(22,4)25(30)33-7/h9-10,13,15-16,18,22H,8,11-12,14H2,1-7H3/b20-15-/t18-,22-,26-,27-/m1/s1. The minimum Gasteiger partial charge on any atom is -0.469 e. The number of benzene rings is 1. The van der Waals surface area contributed by atoms with Crippen molar-refractivity contribution in [2.75, 3.05) is 21.3 Å². The van der Waals surface area contributed by atoms with Crippen LogP contribution >= 0.6 is 0 Å². The van der Waals surface area contributed by atoms with Gasteiger partial charge in [0.25, 0.3) is 0 Å². The lowest BCUT2D eigenvalue weighted by Crippen LogP contribution is -2.53. The van der Waals surface area contributed by atoms with Gasteiger partial charge in [0.05, 0.1) is 32.3 Å². The van der Waals surface area contributed by atoms with Gasteiger partial charge in [0.15, 0.2) is 0 Å². The number of methoxy groups -OCH3 is 3. The molecule has 0 spiro atoms. The maximum atomic E-state index is 13.0. The Bertz CT molecular complexity index is 977.